The first-order valence-corrected chi connectivity index (χ1v) is 7.01. The van der Waals surface area contributed by atoms with Crippen LogP contribution in [0, 0.1) is 0 Å². The molecular weight excluding hydrogens is 236 g/mol. The van der Waals surface area contributed by atoms with E-state index in [4.69, 9.17) is 0 Å². The second-order valence-electron chi connectivity index (χ2n) is 5.54. The quantitative estimate of drug-likeness (QED) is 0.916. The van der Waals surface area contributed by atoms with Crippen molar-refractivity contribution in [3.05, 3.63) is 36.0 Å². The van der Waals surface area contributed by atoms with Crippen molar-refractivity contribution >= 4 is 16.7 Å². The maximum absolute atomic E-state index is 11.3. The molecule has 1 aromatic carbocycles. The zero-order valence-electron chi connectivity index (χ0n) is 11.4. The van der Waals surface area contributed by atoms with Crippen molar-refractivity contribution in [3.63, 3.8) is 0 Å². The molecule has 0 saturated heterocycles. The number of H-pyrrole nitrogens is 1. The molecule has 1 fully saturated rings. The minimum Gasteiger partial charge on any atom is -0.361 e. The van der Waals surface area contributed by atoms with Crippen LogP contribution in [-0.4, -0.2) is 28.8 Å². The van der Waals surface area contributed by atoms with E-state index in [1.165, 1.54) is 16.5 Å². The summed E-state index contributed by atoms with van der Waals surface area (Å²) < 4.78 is 0. The summed E-state index contributed by atoms with van der Waals surface area (Å²) in [6.07, 6.45) is 5.64. The Kier molecular flexibility index (Phi) is 3.38. The molecule has 1 heterocycles. The highest BCUT2D eigenvalue weighted by Gasteiger charge is 2.22. The summed E-state index contributed by atoms with van der Waals surface area (Å²) in [6, 6.07) is 8.96. The summed E-state index contributed by atoms with van der Waals surface area (Å²) in [6.45, 7) is 0.947. The number of carbonyl (C=O) groups excluding carboxylic acids is 1. The SMILES string of the molecule is CN(Cc1c[nH]c2ccccc12)C1CCC(=O)CC1. The second-order valence-corrected chi connectivity index (χ2v) is 5.54. The Labute approximate surface area is 113 Å². The number of nitrogens with one attached hydrogen (secondary N) is 1. The van der Waals surface area contributed by atoms with Crippen molar-refractivity contribution in [2.45, 2.75) is 38.3 Å². The lowest BCUT2D eigenvalue weighted by atomic mass is 9.93. The molecule has 2 aromatic rings. The van der Waals surface area contributed by atoms with Crippen LogP contribution in [0.3, 0.4) is 0 Å². The summed E-state index contributed by atoms with van der Waals surface area (Å²) in [5, 5.41) is 1.31. The number of benzene rings is 1. The largest absolute Gasteiger partial charge is 0.361 e. The van der Waals surface area contributed by atoms with Gasteiger partial charge in [0.2, 0.25) is 0 Å². The Morgan fingerprint density at radius 2 is 2.00 bits per heavy atom. The molecule has 3 nitrogen and oxygen atoms in total. The summed E-state index contributed by atoms with van der Waals surface area (Å²) >= 11 is 0. The predicted molar refractivity (Wildman–Crippen MR) is 77.0 cm³/mol. The summed E-state index contributed by atoms with van der Waals surface area (Å²) in [5.41, 5.74) is 2.54. The van der Waals surface area contributed by atoms with Gasteiger partial charge in [-0.25, -0.2) is 0 Å². The highest BCUT2D eigenvalue weighted by molar-refractivity contribution is 5.83. The van der Waals surface area contributed by atoms with Gasteiger partial charge in [-0.15, -0.1) is 0 Å². The third kappa shape index (κ3) is 2.56. The number of carbonyl (C=O) groups is 1. The number of Topliss-reactive ketones (excluding diaryl/α,β-unsaturated/α-hetero) is 1. The molecule has 0 unspecified atom stereocenters. The fourth-order valence-electron chi connectivity index (χ4n) is 3.03. The maximum Gasteiger partial charge on any atom is 0.133 e. The fraction of sp³-hybridized carbons (Fsp3) is 0.438. The highest BCUT2D eigenvalue weighted by atomic mass is 16.1. The minimum atomic E-state index is 0.428. The normalized spacial score (nSPS) is 17.5. The minimum absolute atomic E-state index is 0.428. The third-order valence-electron chi connectivity index (χ3n) is 4.23. The van der Waals surface area contributed by atoms with Gasteiger partial charge in [-0.3, -0.25) is 9.69 Å². The molecule has 0 atom stereocenters. The zero-order valence-corrected chi connectivity index (χ0v) is 11.4. The number of aromatic amines is 1. The van der Waals surface area contributed by atoms with Gasteiger partial charge >= 0.3 is 0 Å². The monoisotopic (exact) mass is 256 g/mol. The van der Waals surface area contributed by atoms with Gasteiger partial charge in [0.05, 0.1) is 0 Å². The Bertz CT molecular complexity index is 577. The molecule has 0 amide bonds. The van der Waals surface area contributed by atoms with Crippen LogP contribution < -0.4 is 0 Å². The summed E-state index contributed by atoms with van der Waals surface area (Å²) in [5.74, 6) is 0.428. The van der Waals surface area contributed by atoms with Gasteiger partial charge in [0.1, 0.15) is 5.78 Å². The van der Waals surface area contributed by atoms with Crippen LogP contribution >= 0.6 is 0 Å². The van der Waals surface area contributed by atoms with Crippen molar-refractivity contribution in [2.24, 2.45) is 0 Å². The number of rotatable bonds is 3. The van der Waals surface area contributed by atoms with Crippen LogP contribution in [-0.2, 0) is 11.3 Å². The van der Waals surface area contributed by atoms with E-state index in [0.29, 0.717) is 11.8 Å². The van der Waals surface area contributed by atoms with Crippen LogP contribution in [0.2, 0.25) is 0 Å². The van der Waals surface area contributed by atoms with Gasteiger partial charge in [-0.05, 0) is 31.5 Å². The molecule has 19 heavy (non-hydrogen) atoms. The van der Waals surface area contributed by atoms with Crippen molar-refractivity contribution < 1.29 is 4.79 Å². The van der Waals surface area contributed by atoms with E-state index < -0.39 is 0 Å². The topological polar surface area (TPSA) is 36.1 Å². The molecule has 3 heteroatoms. The average Bonchev–Trinajstić information content (AvgIpc) is 2.83. The Balaban J connectivity index is 1.72. The number of fused-ring (bicyclic) bond motifs is 1. The molecule has 1 aliphatic carbocycles. The van der Waals surface area contributed by atoms with Gasteiger partial charge in [-0.2, -0.15) is 0 Å². The van der Waals surface area contributed by atoms with E-state index in [1.54, 1.807) is 0 Å². The zero-order chi connectivity index (χ0) is 13.2. The standard InChI is InChI=1S/C16H20N2O/c1-18(13-6-8-14(19)9-7-13)11-12-10-17-16-5-3-2-4-15(12)16/h2-5,10,13,17H,6-9,11H2,1H3. The molecule has 3 rings (SSSR count). The van der Waals surface area contributed by atoms with Crippen LogP contribution in [0.4, 0.5) is 0 Å². The Morgan fingerprint density at radius 3 is 2.79 bits per heavy atom. The lowest BCUT2D eigenvalue weighted by molar-refractivity contribution is -0.121. The van der Waals surface area contributed by atoms with Gasteiger partial charge in [-0.1, -0.05) is 18.2 Å². The number of nitrogens with zero attached hydrogens (tertiary/aromatic N) is 1. The Morgan fingerprint density at radius 1 is 1.26 bits per heavy atom. The number of hydrogen-bond acceptors (Lipinski definition) is 2. The highest BCUT2D eigenvalue weighted by Crippen LogP contribution is 2.24. The molecule has 1 saturated carbocycles. The first-order valence-electron chi connectivity index (χ1n) is 7.01. The van der Waals surface area contributed by atoms with E-state index in [0.717, 1.165) is 32.2 Å². The van der Waals surface area contributed by atoms with Crippen LogP contribution in [0.15, 0.2) is 30.5 Å². The molecule has 1 aromatic heterocycles. The predicted octanol–water partition coefficient (Wildman–Crippen LogP) is 3.11. The van der Waals surface area contributed by atoms with Gasteiger partial charge < -0.3 is 4.98 Å². The molecule has 0 bridgehead atoms. The van der Waals surface area contributed by atoms with E-state index in [-0.39, 0.29) is 0 Å². The molecule has 0 aliphatic heterocycles. The first kappa shape index (κ1) is 12.4. The third-order valence-corrected chi connectivity index (χ3v) is 4.23. The second kappa shape index (κ2) is 5.17. The molecule has 0 spiro atoms. The lowest BCUT2D eigenvalue weighted by Gasteiger charge is -2.30. The van der Waals surface area contributed by atoms with Gasteiger partial charge in [0.15, 0.2) is 0 Å². The molecule has 1 N–H and O–H groups in total. The van der Waals surface area contributed by atoms with Gasteiger partial charge in [0.25, 0.3) is 0 Å². The average molecular weight is 256 g/mol. The Hall–Kier alpha value is -1.61. The molecular formula is C16H20N2O. The summed E-state index contributed by atoms with van der Waals surface area (Å²) in [4.78, 5) is 17.0. The van der Waals surface area contributed by atoms with E-state index in [9.17, 15) is 4.79 Å². The lowest BCUT2D eigenvalue weighted by Crippen LogP contribution is -2.34. The van der Waals surface area contributed by atoms with Crippen LogP contribution in [0.25, 0.3) is 10.9 Å². The van der Waals surface area contributed by atoms with Crippen molar-refractivity contribution in [2.75, 3.05) is 7.05 Å². The molecule has 0 radical (unpaired) electrons. The van der Waals surface area contributed by atoms with Crippen LogP contribution in [0.1, 0.15) is 31.2 Å². The first-order chi connectivity index (χ1) is 9.24. The number of aromatic nitrogens is 1. The molecule has 100 valence electrons. The van der Waals surface area contributed by atoms with E-state index >= 15 is 0 Å². The van der Waals surface area contributed by atoms with Crippen molar-refractivity contribution in [1.82, 2.24) is 9.88 Å². The van der Waals surface area contributed by atoms with E-state index in [2.05, 4.69) is 47.4 Å². The number of ketones is 1. The maximum atomic E-state index is 11.3. The molecule has 1 aliphatic rings. The number of para-hydroxylation sites is 1. The van der Waals surface area contributed by atoms with Crippen molar-refractivity contribution in [3.8, 4) is 0 Å². The van der Waals surface area contributed by atoms with Crippen LogP contribution in [0.5, 0.6) is 0 Å². The summed E-state index contributed by atoms with van der Waals surface area (Å²) in [7, 11) is 2.17. The smallest absolute Gasteiger partial charge is 0.133 e. The van der Waals surface area contributed by atoms with E-state index in [1.807, 2.05) is 0 Å². The van der Waals surface area contributed by atoms with Gasteiger partial charge in [0, 0.05) is 42.5 Å². The van der Waals surface area contributed by atoms with Crippen molar-refractivity contribution in [1.29, 1.82) is 0 Å². The fourth-order valence-corrected chi connectivity index (χ4v) is 3.03. The number of hydrogen-bond donors (Lipinski definition) is 1.